The SMILES string of the molecule is Cc1cc(I)c(Br)cc1Br. The first-order valence-electron chi connectivity index (χ1n) is 2.72. The number of hydrogen-bond donors (Lipinski definition) is 0. The van der Waals surface area contributed by atoms with Crippen LogP contribution in [0.3, 0.4) is 0 Å². The van der Waals surface area contributed by atoms with Gasteiger partial charge in [-0.05, 0) is 63.1 Å². The van der Waals surface area contributed by atoms with Crippen molar-refractivity contribution in [2.24, 2.45) is 0 Å². The molecule has 0 amide bonds. The summed E-state index contributed by atoms with van der Waals surface area (Å²) < 4.78 is 3.55. The van der Waals surface area contributed by atoms with Crippen LogP contribution < -0.4 is 0 Å². The highest BCUT2D eigenvalue weighted by atomic mass is 127. The van der Waals surface area contributed by atoms with Crippen LogP contribution in [0.25, 0.3) is 0 Å². The summed E-state index contributed by atoms with van der Waals surface area (Å²) in [6.45, 7) is 2.08. The largest absolute Gasteiger partial charge is 0.0505 e. The number of halogens is 3. The fraction of sp³-hybridized carbons (Fsp3) is 0.143. The molecule has 0 saturated heterocycles. The predicted octanol–water partition coefficient (Wildman–Crippen LogP) is 4.12. The van der Waals surface area contributed by atoms with E-state index in [4.69, 9.17) is 0 Å². The highest BCUT2D eigenvalue weighted by molar-refractivity contribution is 14.1. The van der Waals surface area contributed by atoms with Gasteiger partial charge in [-0.1, -0.05) is 15.9 Å². The smallest absolute Gasteiger partial charge is 0.0320 e. The summed E-state index contributed by atoms with van der Waals surface area (Å²) >= 11 is 9.19. The van der Waals surface area contributed by atoms with Crippen LogP contribution in [0.1, 0.15) is 5.56 Å². The highest BCUT2D eigenvalue weighted by Gasteiger charge is 1.99. The Hall–Kier alpha value is 0.910. The van der Waals surface area contributed by atoms with Crippen LogP contribution in [0, 0.1) is 10.5 Å². The van der Waals surface area contributed by atoms with Gasteiger partial charge in [-0.25, -0.2) is 0 Å². The molecule has 0 spiro atoms. The summed E-state index contributed by atoms with van der Waals surface area (Å²) in [5.74, 6) is 0. The fourth-order valence-electron chi connectivity index (χ4n) is 0.622. The second kappa shape index (κ2) is 3.54. The van der Waals surface area contributed by atoms with Gasteiger partial charge in [0.25, 0.3) is 0 Å². The summed E-state index contributed by atoms with van der Waals surface area (Å²) in [7, 11) is 0. The molecule has 0 bridgehead atoms. The van der Waals surface area contributed by atoms with Gasteiger partial charge in [-0.2, -0.15) is 0 Å². The van der Waals surface area contributed by atoms with E-state index in [9.17, 15) is 0 Å². The molecule has 0 atom stereocenters. The molecule has 0 heterocycles. The fourth-order valence-corrected chi connectivity index (χ4v) is 2.24. The molecule has 1 aromatic rings. The topological polar surface area (TPSA) is 0 Å². The number of hydrogen-bond acceptors (Lipinski definition) is 0. The number of rotatable bonds is 0. The molecule has 0 fully saturated rings. The summed E-state index contributed by atoms with van der Waals surface area (Å²) in [6.07, 6.45) is 0. The molecule has 0 N–H and O–H groups in total. The van der Waals surface area contributed by atoms with Crippen molar-refractivity contribution in [2.45, 2.75) is 6.92 Å². The van der Waals surface area contributed by atoms with Crippen molar-refractivity contribution in [1.82, 2.24) is 0 Å². The van der Waals surface area contributed by atoms with Crippen molar-refractivity contribution >= 4 is 54.5 Å². The monoisotopic (exact) mass is 374 g/mol. The summed E-state index contributed by atoms with van der Waals surface area (Å²) in [5, 5.41) is 0. The van der Waals surface area contributed by atoms with Gasteiger partial charge in [0.2, 0.25) is 0 Å². The van der Waals surface area contributed by atoms with Crippen molar-refractivity contribution in [2.75, 3.05) is 0 Å². The summed E-state index contributed by atoms with van der Waals surface area (Å²) in [4.78, 5) is 0. The molecule has 0 aliphatic carbocycles. The van der Waals surface area contributed by atoms with E-state index in [-0.39, 0.29) is 0 Å². The van der Waals surface area contributed by atoms with E-state index in [1.165, 1.54) is 9.13 Å². The first-order valence-corrected chi connectivity index (χ1v) is 5.39. The average Bonchev–Trinajstić information content (AvgIpc) is 1.84. The molecule has 1 rings (SSSR count). The highest BCUT2D eigenvalue weighted by Crippen LogP contribution is 2.26. The van der Waals surface area contributed by atoms with Crippen LogP contribution in [0.5, 0.6) is 0 Å². The van der Waals surface area contributed by atoms with Gasteiger partial charge in [0, 0.05) is 12.5 Å². The lowest BCUT2D eigenvalue weighted by molar-refractivity contribution is 1.39. The van der Waals surface area contributed by atoms with Crippen molar-refractivity contribution in [3.05, 3.63) is 30.2 Å². The van der Waals surface area contributed by atoms with Gasteiger partial charge >= 0.3 is 0 Å². The zero-order valence-electron chi connectivity index (χ0n) is 5.29. The zero-order valence-corrected chi connectivity index (χ0v) is 10.6. The van der Waals surface area contributed by atoms with E-state index in [2.05, 4.69) is 73.5 Å². The molecular formula is C7H5Br2I. The quantitative estimate of drug-likeness (QED) is 0.472. The van der Waals surface area contributed by atoms with Crippen molar-refractivity contribution in [3.8, 4) is 0 Å². The van der Waals surface area contributed by atoms with Gasteiger partial charge in [-0.3, -0.25) is 0 Å². The first kappa shape index (κ1) is 9.00. The predicted molar refractivity (Wildman–Crippen MR) is 59.3 cm³/mol. The normalized spacial score (nSPS) is 10.0. The van der Waals surface area contributed by atoms with E-state index in [1.54, 1.807) is 0 Å². The van der Waals surface area contributed by atoms with Gasteiger partial charge < -0.3 is 0 Å². The maximum absolute atomic E-state index is 3.45. The molecule has 0 aliphatic heterocycles. The molecule has 0 aromatic heterocycles. The number of benzene rings is 1. The second-order valence-corrected chi connectivity index (χ2v) is 4.89. The molecule has 54 valence electrons. The Labute approximate surface area is 90.8 Å². The molecule has 1 aromatic carbocycles. The third kappa shape index (κ3) is 1.95. The minimum Gasteiger partial charge on any atom is -0.0505 e. The van der Waals surface area contributed by atoms with Crippen LogP contribution in [-0.4, -0.2) is 0 Å². The van der Waals surface area contributed by atoms with Crippen molar-refractivity contribution < 1.29 is 0 Å². The molecular weight excluding hydrogens is 371 g/mol. The Morgan fingerprint density at radius 3 is 2.30 bits per heavy atom. The molecule has 3 heteroatoms. The molecule has 0 aliphatic rings. The Bertz CT molecular complexity index is 208. The maximum Gasteiger partial charge on any atom is 0.0320 e. The average molecular weight is 376 g/mol. The van der Waals surface area contributed by atoms with E-state index in [0.29, 0.717) is 0 Å². The van der Waals surface area contributed by atoms with Gasteiger partial charge in [0.1, 0.15) is 0 Å². The van der Waals surface area contributed by atoms with E-state index >= 15 is 0 Å². The van der Waals surface area contributed by atoms with E-state index in [1.807, 2.05) is 0 Å². The summed E-state index contributed by atoms with van der Waals surface area (Å²) in [5.41, 5.74) is 1.27. The third-order valence-corrected chi connectivity index (χ3v) is 4.35. The van der Waals surface area contributed by atoms with E-state index in [0.717, 1.165) is 8.95 Å². The lowest BCUT2D eigenvalue weighted by atomic mass is 10.2. The van der Waals surface area contributed by atoms with Crippen LogP contribution >= 0.6 is 54.5 Å². The Morgan fingerprint density at radius 1 is 1.20 bits per heavy atom. The molecule has 0 nitrogen and oxygen atoms in total. The standard InChI is InChI=1S/C7H5Br2I/c1-4-2-7(10)6(9)3-5(4)8/h2-3H,1H3. The van der Waals surface area contributed by atoms with Gasteiger partial charge in [-0.15, -0.1) is 0 Å². The van der Waals surface area contributed by atoms with Crippen LogP contribution in [0.2, 0.25) is 0 Å². The Kier molecular flexibility index (Phi) is 3.19. The Morgan fingerprint density at radius 2 is 1.80 bits per heavy atom. The zero-order chi connectivity index (χ0) is 7.72. The van der Waals surface area contributed by atoms with Gasteiger partial charge in [0.05, 0.1) is 0 Å². The lowest BCUT2D eigenvalue weighted by Gasteiger charge is -2.00. The summed E-state index contributed by atoms with van der Waals surface area (Å²) in [6, 6.07) is 4.20. The van der Waals surface area contributed by atoms with Crippen LogP contribution in [-0.2, 0) is 0 Å². The number of aryl methyl sites for hydroxylation is 1. The molecule has 10 heavy (non-hydrogen) atoms. The third-order valence-electron chi connectivity index (χ3n) is 1.20. The second-order valence-electron chi connectivity index (χ2n) is 2.02. The van der Waals surface area contributed by atoms with Gasteiger partial charge in [0.15, 0.2) is 0 Å². The maximum atomic E-state index is 3.45. The van der Waals surface area contributed by atoms with E-state index < -0.39 is 0 Å². The van der Waals surface area contributed by atoms with Crippen molar-refractivity contribution in [1.29, 1.82) is 0 Å². The van der Waals surface area contributed by atoms with Crippen LogP contribution in [0.15, 0.2) is 21.1 Å². The van der Waals surface area contributed by atoms with Crippen LogP contribution in [0.4, 0.5) is 0 Å². The molecule has 0 saturated carbocycles. The van der Waals surface area contributed by atoms with Crippen molar-refractivity contribution in [3.63, 3.8) is 0 Å². The Balaban J connectivity index is 3.28. The minimum absolute atomic E-state index is 1.14. The lowest BCUT2D eigenvalue weighted by Crippen LogP contribution is -1.79. The minimum atomic E-state index is 1.14. The molecule has 0 unspecified atom stereocenters. The molecule has 0 radical (unpaired) electrons. The first-order chi connectivity index (χ1) is 4.61.